The number of carbonyl (C=O) groups is 1. The van der Waals surface area contributed by atoms with Crippen LogP contribution in [0.15, 0.2) is 34.2 Å². The SMILES string of the molecule is C[C@H](Sc1nc2sc3c(c2c(=O)n1-c1ccccc1C(F)(F)F)CCCCC3)C(N)=O. The summed E-state index contributed by atoms with van der Waals surface area (Å²) >= 11 is 2.30. The molecule has 1 atom stereocenters. The van der Waals surface area contributed by atoms with Gasteiger partial charge in [-0.3, -0.25) is 14.2 Å². The number of para-hydroxylation sites is 1. The molecule has 31 heavy (non-hydrogen) atoms. The number of benzene rings is 1. The maximum atomic E-state index is 13.8. The molecule has 4 rings (SSSR count). The molecule has 1 aliphatic carbocycles. The lowest BCUT2D eigenvalue weighted by atomic mass is 10.1. The van der Waals surface area contributed by atoms with Gasteiger partial charge in [-0.1, -0.05) is 30.3 Å². The number of primary amides is 1. The first kappa shape index (κ1) is 21.9. The van der Waals surface area contributed by atoms with Gasteiger partial charge < -0.3 is 5.73 Å². The van der Waals surface area contributed by atoms with Gasteiger partial charge in [0.1, 0.15) is 4.83 Å². The summed E-state index contributed by atoms with van der Waals surface area (Å²) in [6.07, 6.45) is -0.149. The number of rotatable bonds is 4. The lowest BCUT2D eigenvalue weighted by Gasteiger charge is -2.18. The van der Waals surface area contributed by atoms with Gasteiger partial charge in [0.05, 0.1) is 21.9 Å². The number of aryl methyl sites for hydroxylation is 2. The van der Waals surface area contributed by atoms with E-state index >= 15 is 0 Å². The van der Waals surface area contributed by atoms with Gasteiger partial charge in [0.15, 0.2) is 5.16 Å². The van der Waals surface area contributed by atoms with Crippen molar-refractivity contribution >= 4 is 39.2 Å². The molecule has 2 N–H and O–H groups in total. The minimum atomic E-state index is -4.66. The van der Waals surface area contributed by atoms with Gasteiger partial charge in [-0.05, 0) is 50.3 Å². The minimum absolute atomic E-state index is 0.0249. The fourth-order valence-corrected chi connectivity index (χ4v) is 5.95. The predicted octanol–water partition coefficient (Wildman–Crippen LogP) is 4.70. The molecule has 3 aromatic rings. The zero-order chi connectivity index (χ0) is 22.3. The van der Waals surface area contributed by atoms with Crippen LogP contribution in [0.25, 0.3) is 15.9 Å². The number of nitrogens with zero attached hydrogens (tertiary/aromatic N) is 2. The molecule has 0 radical (unpaired) electrons. The van der Waals surface area contributed by atoms with Crippen LogP contribution in [0.5, 0.6) is 0 Å². The summed E-state index contributed by atoms with van der Waals surface area (Å²) in [5.74, 6) is -0.642. The van der Waals surface area contributed by atoms with Crippen molar-refractivity contribution in [2.24, 2.45) is 5.73 Å². The summed E-state index contributed by atoms with van der Waals surface area (Å²) in [5.41, 5.74) is 4.48. The molecule has 0 aliphatic heterocycles. The molecule has 0 unspecified atom stereocenters. The molecule has 0 saturated heterocycles. The Hall–Kier alpha value is -2.33. The van der Waals surface area contributed by atoms with E-state index in [0.717, 1.165) is 58.5 Å². The summed E-state index contributed by atoms with van der Waals surface area (Å²) in [4.78, 5) is 31.4. The van der Waals surface area contributed by atoms with E-state index < -0.39 is 28.5 Å². The van der Waals surface area contributed by atoms with E-state index in [2.05, 4.69) is 4.98 Å². The Labute approximate surface area is 184 Å². The highest BCUT2D eigenvalue weighted by atomic mass is 32.2. The lowest BCUT2D eigenvalue weighted by Crippen LogP contribution is -2.27. The number of hydrogen-bond donors (Lipinski definition) is 1. The Morgan fingerprint density at radius 3 is 2.65 bits per heavy atom. The van der Waals surface area contributed by atoms with Gasteiger partial charge in [0, 0.05) is 4.88 Å². The average Bonchev–Trinajstić information content (AvgIpc) is 2.89. The molecular weight excluding hydrogens is 447 g/mol. The number of thioether (sulfide) groups is 1. The van der Waals surface area contributed by atoms with Gasteiger partial charge in [0.25, 0.3) is 5.56 Å². The number of halogens is 3. The summed E-state index contributed by atoms with van der Waals surface area (Å²) in [6, 6.07) is 4.91. The molecule has 10 heteroatoms. The van der Waals surface area contributed by atoms with Crippen LogP contribution >= 0.6 is 23.1 Å². The van der Waals surface area contributed by atoms with Gasteiger partial charge in [-0.15, -0.1) is 11.3 Å². The van der Waals surface area contributed by atoms with E-state index in [0.29, 0.717) is 16.6 Å². The second kappa shape index (κ2) is 8.31. The quantitative estimate of drug-likeness (QED) is 0.343. The van der Waals surface area contributed by atoms with Crippen molar-refractivity contribution in [3.05, 3.63) is 50.6 Å². The Bertz CT molecular complexity index is 1220. The largest absolute Gasteiger partial charge is 0.418 e. The van der Waals surface area contributed by atoms with E-state index in [9.17, 15) is 22.8 Å². The second-order valence-electron chi connectivity index (χ2n) is 7.46. The van der Waals surface area contributed by atoms with Gasteiger partial charge in [-0.2, -0.15) is 13.2 Å². The van der Waals surface area contributed by atoms with Crippen molar-refractivity contribution in [3.8, 4) is 5.69 Å². The third-order valence-electron chi connectivity index (χ3n) is 5.34. The summed E-state index contributed by atoms with van der Waals surface area (Å²) in [7, 11) is 0. The lowest BCUT2D eigenvalue weighted by molar-refractivity contribution is -0.137. The van der Waals surface area contributed by atoms with Crippen molar-refractivity contribution in [2.45, 2.75) is 55.6 Å². The van der Waals surface area contributed by atoms with Crippen molar-refractivity contribution in [1.82, 2.24) is 9.55 Å². The highest BCUT2D eigenvalue weighted by Crippen LogP contribution is 2.38. The monoisotopic (exact) mass is 467 g/mol. The normalized spacial score (nSPS) is 15.5. The summed E-state index contributed by atoms with van der Waals surface area (Å²) in [5, 5.41) is -0.363. The molecule has 5 nitrogen and oxygen atoms in total. The molecule has 0 spiro atoms. The van der Waals surface area contributed by atoms with Gasteiger partial charge in [-0.25, -0.2) is 4.98 Å². The number of alkyl halides is 3. The molecule has 1 aromatic carbocycles. The number of aromatic nitrogens is 2. The molecule has 0 saturated carbocycles. The Kier molecular flexibility index (Phi) is 5.87. The van der Waals surface area contributed by atoms with Crippen molar-refractivity contribution < 1.29 is 18.0 Å². The van der Waals surface area contributed by atoms with Crippen LogP contribution in [0.2, 0.25) is 0 Å². The third kappa shape index (κ3) is 4.10. The van der Waals surface area contributed by atoms with Crippen LogP contribution in [-0.4, -0.2) is 20.7 Å². The van der Waals surface area contributed by atoms with E-state index in [1.54, 1.807) is 0 Å². The van der Waals surface area contributed by atoms with Crippen LogP contribution in [-0.2, 0) is 23.8 Å². The van der Waals surface area contributed by atoms with E-state index in [1.807, 2.05) is 0 Å². The van der Waals surface area contributed by atoms with E-state index in [-0.39, 0.29) is 10.8 Å². The third-order valence-corrected chi connectivity index (χ3v) is 7.60. The molecule has 164 valence electrons. The maximum absolute atomic E-state index is 13.8. The van der Waals surface area contributed by atoms with Gasteiger partial charge in [0.2, 0.25) is 5.91 Å². The van der Waals surface area contributed by atoms with Crippen LogP contribution in [0.3, 0.4) is 0 Å². The second-order valence-corrected chi connectivity index (χ2v) is 9.85. The van der Waals surface area contributed by atoms with Crippen molar-refractivity contribution in [3.63, 3.8) is 0 Å². The van der Waals surface area contributed by atoms with Crippen LogP contribution in [0.1, 0.15) is 42.2 Å². The highest BCUT2D eigenvalue weighted by Gasteiger charge is 2.35. The summed E-state index contributed by atoms with van der Waals surface area (Å²) in [6.45, 7) is 1.53. The van der Waals surface area contributed by atoms with Crippen LogP contribution < -0.4 is 11.3 Å². The van der Waals surface area contributed by atoms with E-state index in [4.69, 9.17) is 5.73 Å². The number of carbonyl (C=O) groups excluding carboxylic acids is 1. The topological polar surface area (TPSA) is 78.0 Å². The maximum Gasteiger partial charge on any atom is 0.418 e. The van der Waals surface area contributed by atoms with Crippen LogP contribution in [0.4, 0.5) is 13.2 Å². The Balaban J connectivity index is 2.05. The van der Waals surface area contributed by atoms with E-state index in [1.165, 1.54) is 36.5 Å². The Morgan fingerprint density at radius 2 is 1.94 bits per heavy atom. The number of hydrogen-bond acceptors (Lipinski definition) is 5. The van der Waals surface area contributed by atoms with Crippen LogP contribution in [0, 0.1) is 0 Å². The first-order chi connectivity index (χ1) is 14.7. The first-order valence-electron chi connectivity index (χ1n) is 9.88. The summed E-state index contributed by atoms with van der Waals surface area (Å²) < 4.78 is 42.3. The molecule has 0 bridgehead atoms. The smallest absolute Gasteiger partial charge is 0.369 e. The molecular formula is C21H20F3N3O2S2. The molecule has 2 aromatic heterocycles. The number of amides is 1. The number of fused-ring (bicyclic) bond motifs is 3. The zero-order valence-electron chi connectivity index (χ0n) is 16.7. The molecule has 1 amide bonds. The fraction of sp³-hybridized carbons (Fsp3) is 0.381. The Morgan fingerprint density at radius 1 is 1.23 bits per heavy atom. The zero-order valence-corrected chi connectivity index (χ0v) is 18.3. The average molecular weight is 468 g/mol. The molecule has 0 fully saturated rings. The number of nitrogens with two attached hydrogens (primary N) is 1. The minimum Gasteiger partial charge on any atom is -0.369 e. The number of thiophene rings is 1. The molecule has 1 aliphatic rings. The van der Waals surface area contributed by atoms with Crippen molar-refractivity contribution in [2.75, 3.05) is 0 Å². The standard InChI is InChI=1S/C21H20F3N3O2S2/c1-11(17(25)28)30-20-26-18-16(12-7-3-2-4-10-15(12)31-18)19(29)27(20)14-9-6-5-8-13(14)21(22,23)24/h5-6,8-9,11H,2-4,7,10H2,1H3,(H2,25,28)/t11-/m0/s1. The van der Waals surface area contributed by atoms with Gasteiger partial charge >= 0.3 is 6.18 Å². The first-order valence-corrected chi connectivity index (χ1v) is 11.6. The highest BCUT2D eigenvalue weighted by molar-refractivity contribution is 8.00. The molecule has 2 heterocycles. The fourth-order valence-electron chi connectivity index (χ4n) is 3.78. The predicted molar refractivity (Wildman–Crippen MR) is 116 cm³/mol. The van der Waals surface area contributed by atoms with Crippen molar-refractivity contribution in [1.29, 1.82) is 0 Å².